The van der Waals surface area contributed by atoms with Crippen molar-refractivity contribution in [2.45, 2.75) is 26.4 Å². The number of hydrogen-bond acceptors (Lipinski definition) is 4. The van der Waals surface area contributed by atoms with E-state index in [0.717, 1.165) is 23.4 Å². The first-order valence-corrected chi connectivity index (χ1v) is 9.77. The van der Waals surface area contributed by atoms with Crippen LogP contribution < -0.4 is 15.0 Å². The van der Waals surface area contributed by atoms with E-state index in [1.165, 1.54) is 0 Å². The zero-order valence-electron chi connectivity index (χ0n) is 16.6. The molecular weight excluding hydrogens is 368 g/mol. The van der Waals surface area contributed by atoms with E-state index < -0.39 is 5.92 Å². The summed E-state index contributed by atoms with van der Waals surface area (Å²) in [4.78, 5) is 31.5. The molecule has 0 bridgehead atoms. The molecule has 4 rings (SSSR count). The lowest BCUT2D eigenvalue weighted by Crippen LogP contribution is -2.33. The summed E-state index contributed by atoms with van der Waals surface area (Å²) < 4.78 is 7.45. The predicted octanol–water partition coefficient (Wildman–Crippen LogP) is 2.73. The molecule has 1 aliphatic heterocycles. The number of nitrogens with one attached hydrogen (secondary N) is 1. The number of amides is 2. The molecule has 1 fully saturated rings. The Hall–Kier alpha value is -3.35. The van der Waals surface area contributed by atoms with Crippen LogP contribution in [0.5, 0.6) is 5.75 Å². The van der Waals surface area contributed by atoms with E-state index in [9.17, 15) is 9.59 Å². The Balaban J connectivity index is 1.45. The Bertz CT molecular complexity index is 1060. The summed E-state index contributed by atoms with van der Waals surface area (Å²) in [6.45, 7) is 3.51. The average Bonchev–Trinajstić information content (AvgIpc) is 3.31. The molecule has 7 heteroatoms. The van der Waals surface area contributed by atoms with Gasteiger partial charge in [0.25, 0.3) is 0 Å². The molecule has 1 saturated heterocycles. The highest BCUT2D eigenvalue weighted by atomic mass is 16.5. The van der Waals surface area contributed by atoms with Crippen molar-refractivity contribution in [2.75, 3.05) is 18.6 Å². The fourth-order valence-electron chi connectivity index (χ4n) is 3.89. The van der Waals surface area contributed by atoms with E-state index in [4.69, 9.17) is 4.74 Å². The van der Waals surface area contributed by atoms with Crippen LogP contribution >= 0.6 is 0 Å². The quantitative estimate of drug-likeness (QED) is 0.700. The summed E-state index contributed by atoms with van der Waals surface area (Å²) in [7, 11) is 1.57. The average molecular weight is 392 g/mol. The molecule has 7 nitrogen and oxygen atoms in total. The number of anilines is 1. The minimum atomic E-state index is -0.396. The van der Waals surface area contributed by atoms with Crippen LogP contribution in [0.3, 0.4) is 0 Å². The van der Waals surface area contributed by atoms with Crippen LogP contribution in [0.1, 0.15) is 19.2 Å². The third-order valence-electron chi connectivity index (χ3n) is 5.34. The van der Waals surface area contributed by atoms with Crippen molar-refractivity contribution in [3.8, 4) is 5.75 Å². The summed E-state index contributed by atoms with van der Waals surface area (Å²) in [5.74, 6) is 0.833. The largest absolute Gasteiger partial charge is 0.495 e. The number of benzene rings is 2. The van der Waals surface area contributed by atoms with Crippen molar-refractivity contribution in [1.82, 2.24) is 14.9 Å². The topological polar surface area (TPSA) is 76.5 Å². The van der Waals surface area contributed by atoms with Crippen molar-refractivity contribution in [1.29, 1.82) is 0 Å². The third kappa shape index (κ3) is 3.55. The minimum Gasteiger partial charge on any atom is -0.495 e. The summed E-state index contributed by atoms with van der Waals surface area (Å²) in [6, 6.07) is 15.3. The van der Waals surface area contributed by atoms with Gasteiger partial charge in [-0.2, -0.15) is 0 Å². The van der Waals surface area contributed by atoms with Crippen LogP contribution in [0.15, 0.2) is 48.5 Å². The highest BCUT2D eigenvalue weighted by Crippen LogP contribution is 2.32. The molecule has 2 amide bonds. The number of imidazole rings is 1. The number of carbonyl (C=O) groups excluding carboxylic acids is 2. The van der Waals surface area contributed by atoms with Crippen molar-refractivity contribution in [3.63, 3.8) is 0 Å². The standard InChI is InChI=1S/C22H24N4O3/c1-3-25-17-9-5-4-8-16(17)24-20(25)13-23-22(28)15-12-21(27)26(14-15)18-10-6-7-11-19(18)29-2/h4-11,15H,3,12-14H2,1-2H3,(H,23,28)/t15-/m1/s1. The Morgan fingerprint density at radius 2 is 1.97 bits per heavy atom. The molecular formula is C22H24N4O3. The maximum Gasteiger partial charge on any atom is 0.227 e. The van der Waals surface area contributed by atoms with E-state index in [1.807, 2.05) is 48.5 Å². The second kappa shape index (κ2) is 7.95. The second-order valence-corrected chi connectivity index (χ2v) is 7.06. The first-order chi connectivity index (χ1) is 14.1. The summed E-state index contributed by atoms with van der Waals surface area (Å²) in [5.41, 5.74) is 2.66. The molecule has 2 heterocycles. The highest BCUT2D eigenvalue weighted by molar-refractivity contribution is 6.01. The second-order valence-electron chi connectivity index (χ2n) is 7.06. The van der Waals surface area contributed by atoms with Gasteiger partial charge in [0.1, 0.15) is 11.6 Å². The number of hydrogen-bond donors (Lipinski definition) is 1. The van der Waals surface area contributed by atoms with E-state index in [0.29, 0.717) is 24.5 Å². The summed E-state index contributed by atoms with van der Waals surface area (Å²) >= 11 is 0. The number of nitrogens with zero attached hydrogens (tertiary/aromatic N) is 3. The molecule has 150 valence electrons. The number of para-hydroxylation sites is 4. The number of aromatic nitrogens is 2. The number of ether oxygens (including phenoxy) is 1. The van der Waals surface area contributed by atoms with E-state index in [2.05, 4.69) is 21.8 Å². The Morgan fingerprint density at radius 1 is 1.21 bits per heavy atom. The lowest BCUT2D eigenvalue weighted by Gasteiger charge is -2.19. The smallest absolute Gasteiger partial charge is 0.227 e. The van der Waals surface area contributed by atoms with Crippen molar-refractivity contribution in [3.05, 3.63) is 54.4 Å². The zero-order valence-corrected chi connectivity index (χ0v) is 16.6. The summed E-state index contributed by atoms with van der Waals surface area (Å²) in [5, 5.41) is 2.97. The lowest BCUT2D eigenvalue weighted by atomic mass is 10.1. The van der Waals surface area contributed by atoms with Gasteiger partial charge in [-0.15, -0.1) is 0 Å². The molecule has 1 aromatic heterocycles. The highest BCUT2D eigenvalue weighted by Gasteiger charge is 2.36. The molecule has 0 aliphatic carbocycles. The zero-order chi connectivity index (χ0) is 20.4. The van der Waals surface area contributed by atoms with Gasteiger partial charge in [-0.1, -0.05) is 24.3 Å². The van der Waals surface area contributed by atoms with Crippen molar-refractivity contribution in [2.24, 2.45) is 5.92 Å². The van der Waals surface area contributed by atoms with Crippen LogP contribution in [0, 0.1) is 5.92 Å². The van der Waals surface area contributed by atoms with Gasteiger partial charge in [0.15, 0.2) is 0 Å². The SMILES string of the molecule is CCn1c(CNC(=O)[C@@H]2CC(=O)N(c3ccccc3OC)C2)nc2ccccc21. The molecule has 0 saturated carbocycles. The number of carbonyl (C=O) groups is 2. The first kappa shape index (κ1) is 19.0. The normalized spacial score (nSPS) is 16.4. The molecule has 0 spiro atoms. The van der Waals surface area contributed by atoms with Crippen LogP contribution in [0.25, 0.3) is 11.0 Å². The van der Waals surface area contributed by atoms with Gasteiger partial charge in [0, 0.05) is 19.5 Å². The number of methoxy groups -OCH3 is 1. The van der Waals surface area contributed by atoms with Crippen LogP contribution in [-0.2, 0) is 22.7 Å². The van der Waals surface area contributed by atoms with E-state index in [-0.39, 0.29) is 18.2 Å². The molecule has 1 N–H and O–H groups in total. The molecule has 29 heavy (non-hydrogen) atoms. The maximum absolute atomic E-state index is 12.8. The molecule has 1 atom stereocenters. The molecule has 1 aliphatic rings. The van der Waals surface area contributed by atoms with Gasteiger partial charge in [-0.05, 0) is 31.2 Å². The Morgan fingerprint density at radius 3 is 2.76 bits per heavy atom. The van der Waals surface area contributed by atoms with E-state index >= 15 is 0 Å². The fraction of sp³-hybridized carbons (Fsp3) is 0.318. The van der Waals surface area contributed by atoms with Gasteiger partial charge in [0.05, 0.1) is 36.3 Å². The fourth-order valence-corrected chi connectivity index (χ4v) is 3.89. The van der Waals surface area contributed by atoms with Gasteiger partial charge in [0.2, 0.25) is 11.8 Å². The van der Waals surface area contributed by atoms with Crippen molar-refractivity contribution < 1.29 is 14.3 Å². The van der Waals surface area contributed by atoms with Gasteiger partial charge >= 0.3 is 0 Å². The molecule has 3 aromatic rings. The molecule has 2 aromatic carbocycles. The van der Waals surface area contributed by atoms with Gasteiger partial charge in [-0.3, -0.25) is 9.59 Å². The number of aryl methyl sites for hydroxylation is 1. The maximum atomic E-state index is 12.8. The number of rotatable bonds is 6. The lowest BCUT2D eigenvalue weighted by molar-refractivity contribution is -0.126. The third-order valence-corrected chi connectivity index (χ3v) is 5.34. The van der Waals surface area contributed by atoms with Gasteiger partial charge < -0.3 is 19.5 Å². The molecule has 0 unspecified atom stereocenters. The van der Waals surface area contributed by atoms with Crippen LogP contribution in [-0.4, -0.2) is 35.0 Å². The predicted molar refractivity (Wildman–Crippen MR) is 111 cm³/mol. The van der Waals surface area contributed by atoms with Crippen LogP contribution in [0.2, 0.25) is 0 Å². The Labute approximate surface area is 169 Å². The summed E-state index contributed by atoms with van der Waals surface area (Å²) in [6.07, 6.45) is 0.189. The monoisotopic (exact) mass is 392 g/mol. The van der Waals surface area contributed by atoms with Gasteiger partial charge in [-0.25, -0.2) is 4.98 Å². The first-order valence-electron chi connectivity index (χ1n) is 9.77. The molecule has 0 radical (unpaired) electrons. The minimum absolute atomic E-state index is 0.0737. The van der Waals surface area contributed by atoms with Crippen molar-refractivity contribution >= 4 is 28.5 Å². The number of fused-ring (bicyclic) bond motifs is 1. The van der Waals surface area contributed by atoms with E-state index in [1.54, 1.807) is 12.0 Å². The van der Waals surface area contributed by atoms with Crippen LogP contribution in [0.4, 0.5) is 5.69 Å². The Kier molecular flexibility index (Phi) is 5.20.